The van der Waals surface area contributed by atoms with Crippen molar-refractivity contribution in [2.24, 2.45) is 0 Å². The van der Waals surface area contributed by atoms with Crippen LogP contribution < -0.4 is 9.80 Å². The Labute approximate surface area is 252 Å². The number of para-hydroxylation sites is 4. The minimum atomic E-state index is 0.0480. The number of rotatable bonds is 2. The van der Waals surface area contributed by atoms with Crippen LogP contribution in [0.15, 0.2) is 158 Å². The fourth-order valence-corrected chi connectivity index (χ4v) is 8.41. The van der Waals surface area contributed by atoms with Crippen LogP contribution in [0.1, 0.15) is 11.1 Å². The fourth-order valence-electron chi connectivity index (χ4n) is 6.30. The Kier molecular flexibility index (Phi) is 5.21. The SMILES string of the molecule is O=C1C2=Cc3cc(N4c5ccccc5Sc5ccccc54)ccc3C2=CC=C1N1c2ccccc2Sc2ccccc21. The molecule has 0 aromatic heterocycles. The molecule has 0 spiro atoms. The maximum atomic E-state index is 14.3. The number of ketones is 1. The van der Waals surface area contributed by atoms with Gasteiger partial charge in [0, 0.05) is 30.8 Å². The number of nitrogens with zero attached hydrogens (tertiary/aromatic N) is 2. The molecule has 4 aliphatic rings. The van der Waals surface area contributed by atoms with Crippen molar-refractivity contribution in [2.45, 2.75) is 19.6 Å². The minimum Gasteiger partial charge on any atom is -0.308 e. The van der Waals surface area contributed by atoms with Crippen molar-refractivity contribution in [3.05, 3.63) is 150 Å². The molecule has 0 radical (unpaired) electrons. The van der Waals surface area contributed by atoms with Gasteiger partial charge in [-0.2, -0.15) is 0 Å². The van der Waals surface area contributed by atoms with Crippen LogP contribution in [-0.2, 0) is 4.79 Å². The molecule has 198 valence electrons. The molecule has 2 heterocycles. The number of fused-ring (bicyclic) bond motifs is 7. The Morgan fingerprint density at radius 1 is 0.500 bits per heavy atom. The summed E-state index contributed by atoms with van der Waals surface area (Å²) in [6.07, 6.45) is 6.19. The summed E-state index contributed by atoms with van der Waals surface area (Å²) in [6, 6.07) is 40.3. The highest BCUT2D eigenvalue weighted by atomic mass is 32.2. The molecule has 0 unspecified atom stereocenters. The lowest BCUT2D eigenvalue weighted by Crippen LogP contribution is -2.27. The van der Waals surface area contributed by atoms with E-state index in [-0.39, 0.29) is 5.78 Å². The lowest BCUT2D eigenvalue weighted by Gasteiger charge is -2.34. The van der Waals surface area contributed by atoms with Crippen LogP contribution >= 0.6 is 23.5 Å². The van der Waals surface area contributed by atoms with Gasteiger partial charge in [0.2, 0.25) is 5.78 Å². The number of carbonyl (C=O) groups is 1. The van der Waals surface area contributed by atoms with Crippen molar-refractivity contribution in [3.63, 3.8) is 0 Å². The van der Waals surface area contributed by atoms with Gasteiger partial charge in [0.1, 0.15) is 0 Å². The number of allylic oxidation sites excluding steroid dienone is 4. The van der Waals surface area contributed by atoms with E-state index in [0.717, 1.165) is 49.1 Å². The van der Waals surface area contributed by atoms with Crippen LogP contribution in [0.4, 0.5) is 28.4 Å². The highest BCUT2D eigenvalue weighted by molar-refractivity contribution is 8.00. The summed E-state index contributed by atoms with van der Waals surface area (Å²) in [5, 5.41) is 0. The van der Waals surface area contributed by atoms with E-state index < -0.39 is 0 Å². The van der Waals surface area contributed by atoms with E-state index in [9.17, 15) is 4.79 Å². The Morgan fingerprint density at radius 2 is 1.00 bits per heavy atom. The second-order valence-electron chi connectivity index (χ2n) is 10.5. The van der Waals surface area contributed by atoms with Gasteiger partial charge in [0.15, 0.2) is 0 Å². The van der Waals surface area contributed by atoms with E-state index in [1.807, 2.05) is 18.2 Å². The smallest absolute Gasteiger partial charge is 0.210 e. The van der Waals surface area contributed by atoms with E-state index in [2.05, 4.69) is 125 Å². The molecule has 0 saturated carbocycles. The van der Waals surface area contributed by atoms with Crippen molar-refractivity contribution in [2.75, 3.05) is 9.80 Å². The van der Waals surface area contributed by atoms with Crippen LogP contribution in [-0.4, -0.2) is 5.78 Å². The first-order valence-corrected chi connectivity index (χ1v) is 15.5. The first-order valence-electron chi connectivity index (χ1n) is 13.9. The molecule has 0 saturated heterocycles. The average molecular weight is 575 g/mol. The van der Waals surface area contributed by atoms with Gasteiger partial charge in [-0.15, -0.1) is 0 Å². The van der Waals surface area contributed by atoms with Crippen LogP contribution in [0.5, 0.6) is 0 Å². The van der Waals surface area contributed by atoms with E-state index >= 15 is 0 Å². The second-order valence-corrected chi connectivity index (χ2v) is 12.7. The number of anilines is 5. The Balaban J connectivity index is 1.14. The maximum Gasteiger partial charge on any atom is 0.210 e. The quantitative estimate of drug-likeness (QED) is 0.205. The zero-order chi connectivity index (χ0) is 27.8. The fraction of sp³-hybridized carbons (Fsp3) is 0. The normalized spacial score (nSPS) is 15.8. The van der Waals surface area contributed by atoms with Gasteiger partial charge in [-0.1, -0.05) is 84.2 Å². The number of Topliss-reactive ketones (excluding diaryl/α,β-unsaturated/α-hetero) is 1. The summed E-state index contributed by atoms with van der Waals surface area (Å²) < 4.78 is 0. The van der Waals surface area contributed by atoms with Crippen molar-refractivity contribution < 1.29 is 4.79 Å². The van der Waals surface area contributed by atoms with Crippen molar-refractivity contribution in [1.82, 2.24) is 0 Å². The average Bonchev–Trinajstić information content (AvgIpc) is 3.41. The van der Waals surface area contributed by atoms with E-state index in [0.29, 0.717) is 5.70 Å². The molecule has 0 bridgehead atoms. The summed E-state index contributed by atoms with van der Waals surface area (Å²) in [6.45, 7) is 0. The van der Waals surface area contributed by atoms with Gasteiger partial charge in [-0.3, -0.25) is 4.79 Å². The largest absolute Gasteiger partial charge is 0.308 e. The van der Waals surface area contributed by atoms with Crippen LogP contribution in [0.3, 0.4) is 0 Å². The third-order valence-corrected chi connectivity index (χ3v) is 10.4. The number of carbonyl (C=O) groups excluding carboxylic acids is 1. The van der Waals surface area contributed by atoms with E-state index in [1.54, 1.807) is 23.5 Å². The third kappa shape index (κ3) is 3.47. The topological polar surface area (TPSA) is 23.6 Å². The zero-order valence-electron chi connectivity index (χ0n) is 22.3. The molecular weight excluding hydrogens is 553 g/mol. The van der Waals surface area contributed by atoms with Crippen molar-refractivity contribution in [1.29, 1.82) is 0 Å². The molecule has 5 aromatic rings. The lowest BCUT2D eigenvalue weighted by atomic mass is 9.93. The monoisotopic (exact) mass is 574 g/mol. The third-order valence-electron chi connectivity index (χ3n) is 8.16. The van der Waals surface area contributed by atoms with Crippen LogP contribution in [0, 0.1) is 0 Å². The van der Waals surface area contributed by atoms with Gasteiger partial charge in [0.25, 0.3) is 0 Å². The minimum absolute atomic E-state index is 0.0480. The zero-order valence-corrected chi connectivity index (χ0v) is 24.0. The maximum absolute atomic E-state index is 14.3. The number of hydrogen-bond donors (Lipinski definition) is 0. The molecule has 5 heteroatoms. The van der Waals surface area contributed by atoms with Gasteiger partial charge in [-0.25, -0.2) is 0 Å². The molecule has 2 aliphatic carbocycles. The van der Waals surface area contributed by atoms with Gasteiger partial charge < -0.3 is 9.80 Å². The summed E-state index contributed by atoms with van der Waals surface area (Å²) in [7, 11) is 0. The summed E-state index contributed by atoms with van der Waals surface area (Å²) in [5.41, 5.74) is 10.1. The lowest BCUT2D eigenvalue weighted by molar-refractivity contribution is -0.111. The first-order chi connectivity index (χ1) is 20.7. The molecule has 3 nitrogen and oxygen atoms in total. The first kappa shape index (κ1) is 23.9. The van der Waals surface area contributed by atoms with Crippen LogP contribution in [0.2, 0.25) is 0 Å². The molecule has 9 rings (SSSR count). The second kappa shape index (κ2) is 9.15. The van der Waals surface area contributed by atoms with Crippen molar-refractivity contribution >= 4 is 69.4 Å². The van der Waals surface area contributed by atoms with Gasteiger partial charge in [-0.05, 0) is 89.5 Å². The molecule has 2 aliphatic heterocycles. The molecule has 5 aromatic carbocycles. The highest BCUT2D eigenvalue weighted by Gasteiger charge is 2.35. The Hall–Kier alpha value is -4.71. The predicted octanol–water partition coefficient (Wildman–Crippen LogP) is 10.2. The summed E-state index contributed by atoms with van der Waals surface area (Å²) in [4.78, 5) is 23.5. The summed E-state index contributed by atoms with van der Waals surface area (Å²) in [5.74, 6) is 0.0480. The Morgan fingerprint density at radius 3 is 1.55 bits per heavy atom. The predicted molar refractivity (Wildman–Crippen MR) is 173 cm³/mol. The van der Waals surface area contributed by atoms with E-state index in [4.69, 9.17) is 0 Å². The molecule has 0 amide bonds. The molecule has 0 fully saturated rings. The van der Waals surface area contributed by atoms with Gasteiger partial charge >= 0.3 is 0 Å². The molecule has 0 atom stereocenters. The number of benzene rings is 5. The molecule has 42 heavy (non-hydrogen) atoms. The van der Waals surface area contributed by atoms with Gasteiger partial charge in [0.05, 0.1) is 28.4 Å². The molecular formula is C37H22N2OS2. The highest BCUT2D eigenvalue weighted by Crippen LogP contribution is 2.53. The summed E-state index contributed by atoms with van der Waals surface area (Å²) >= 11 is 3.56. The van der Waals surface area contributed by atoms with E-state index in [1.165, 1.54) is 21.2 Å². The van der Waals surface area contributed by atoms with Crippen molar-refractivity contribution in [3.8, 4) is 0 Å². The standard InChI is InChI=1S/C37H22N2OS2/c40-37-27-22-23-21-24(38-28-9-1-5-13-33(28)41-34-14-6-2-10-29(34)38)17-18-25(23)26(27)19-20-32(37)39-30-11-3-7-15-35(30)42-36-16-8-4-12-31(36)39/h1-22H. The molecule has 0 N–H and O–H groups in total. The Bertz CT molecular complexity index is 2000. The van der Waals surface area contributed by atoms with Crippen LogP contribution in [0.25, 0.3) is 11.6 Å². The number of hydrogen-bond acceptors (Lipinski definition) is 5.